The van der Waals surface area contributed by atoms with E-state index in [0.717, 1.165) is 25.8 Å². The van der Waals surface area contributed by atoms with Gasteiger partial charge in [0.2, 0.25) is 5.91 Å². The highest BCUT2D eigenvalue weighted by Crippen LogP contribution is 1.95. The number of hydrogen-bond donors (Lipinski definition) is 0. The largest absolute Gasteiger partial charge is 0.342 e. The van der Waals surface area contributed by atoms with E-state index in [1.807, 2.05) is 14.0 Å². The number of carbonyl (C=O) groups excluding carboxylic acids is 1. The van der Waals surface area contributed by atoms with Crippen LogP contribution in [0.3, 0.4) is 0 Å². The third kappa shape index (κ3) is 7.98. The summed E-state index contributed by atoms with van der Waals surface area (Å²) in [5, 5.41) is 0. The van der Waals surface area contributed by atoms with E-state index in [9.17, 15) is 4.79 Å². The topological polar surface area (TPSA) is 20.3 Å². The van der Waals surface area contributed by atoms with Gasteiger partial charge in [0.15, 0.2) is 0 Å². The molecule has 0 saturated heterocycles. The smallest absolute Gasteiger partial charge is 0.222 e. The summed E-state index contributed by atoms with van der Waals surface area (Å²) in [6, 6.07) is 0. The van der Waals surface area contributed by atoms with Crippen LogP contribution in [0.1, 0.15) is 39.5 Å². The normalized spacial score (nSPS) is 11.4. The van der Waals surface area contributed by atoms with E-state index in [1.165, 1.54) is 0 Å². The molecule has 0 aliphatic rings. The summed E-state index contributed by atoms with van der Waals surface area (Å²) in [4.78, 5) is 12.9. The van der Waals surface area contributed by atoms with Crippen LogP contribution in [-0.2, 0) is 4.79 Å². The Bertz CT molecular complexity index is 219. The number of hydrogen-bond acceptors (Lipinski definition) is 1. The average Bonchev–Trinajstić information content (AvgIpc) is 2.26. The summed E-state index contributed by atoms with van der Waals surface area (Å²) >= 11 is 0. The molecule has 0 heterocycles. The second-order valence-electron chi connectivity index (χ2n) is 3.56. The van der Waals surface area contributed by atoms with Gasteiger partial charge in [0, 0.05) is 20.0 Å². The van der Waals surface area contributed by atoms with Gasteiger partial charge in [-0.05, 0) is 19.3 Å². The second-order valence-corrected chi connectivity index (χ2v) is 3.56. The van der Waals surface area contributed by atoms with Crippen LogP contribution in [0, 0.1) is 0 Å². The molecule has 2 nitrogen and oxygen atoms in total. The standard InChI is InChI=1S/C13H23NO/c1-4-6-7-8-9-10-11-12-14(3)13(15)5-2/h6-7,10-11H,4-5,8-9,12H2,1-3H3/b7-6-,11-10-. The average molecular weight is 209 g/mol. The molecule has 0 aliphatic carbocycles. The Kier molecular flexibility index (Phi) is 8.84. The van der Waals surface area contributed by atoms with E-state index in [4.69, 9.17) is 0 Å². The lowest BCUT2D eigenvalue weighted by Gasteiger charge is -2.12. The Balaban J connectivity index is 3.53. The van der Waals surface area contributed by atoms with E-state index in [-0.39, 0.29) is 5.91 Å². The van der Waals surface area contributed by atoms with Crippen LogP contribution in [0.4, 0.5) is 0 Å². The lowest BCUT2D eigenvalue weighted by Crippen LogP contribution is -2.25. The minimum absolute atomic E-state index is 0.200. The van der Waals surface area contributed by atoms with Crippen LogP contribution in [0.5, 0.6) is 0 Å². The molecule has 1 amide bonds. The minimum Gasteiger partial charge on any atom is -0.342 e. The van der Waals surface area contributed by atoms with Crippen molar-refractivity contribution in [1.82, 2.24) is 4.90 Å². The van der Waals surface area contributed by atoms with Crippen molar-refractivity contribution in [2.45, 2.75) is 39.5 Å². The van der Waals surface area contributed by atoms with Gasteiger partial charge in [-0.2, -0.15) is 0 Å². The Morgan fingerprint density at radius 3 is 2.20 bits per heavy atom. The molecule has 0 spiro atoms. The maximum Gasteiger partial charge on any atom is 0.222 e. The number of allylic oxidation sites excluding steroid dienone is 3. The number of unbranched alkanes of at least 4 members (excludes halogenated alkanes) is 1. The van der Waals surface area contributed by atoms with Crippen molar-refractivity contribution in [1.29, 1.82) is 0 Å². The van der Waals surface area contributed by atoms with E-state index in [1.54, 1.807) is 4.90 Å². The first-order valence-corrected chi connectivity index (χ1v) is 5.76. The molecule has 0 aromatic heterocycles. The Labute approximate surface area is 93.7 Å². The highest BCUT2D eigenvalue weighted by Gasteiger charge is 2.01. The van der Waals surface area contributed by atoms with Gasteiger partial charge in [0.05, 0.1) is 0 Å². The molecule has 0 fully saturated rings. The van der Waals surface area contributed by atoms with Gasteiger partial charge in [-0.25, -0.2) is 0 Å². The van der Waals surface area contributed by atoms with Gasteiger partial charge < -0.3 is 4.90 Å². The quantitative estimate of drug-likeness (QED) is 0.466. The van der Waals surface area contributed by atoms with Crippen molar-refractivity contribution >= 4 is 5.91 Å². The monoisotopic (exact) mass is 209 g/mol. The van der Waals surface area contributed by atoms with Crippen molar-refractivity contribution in [3.8, 4) is 0 Å². The first-order chi connectivity index (χ1) is 7.22. The predicted molar refractivity (Wildman–Crippen MR) is 65.7 cm³/mol. The van der Waals surface area contributed by atoms with Crippen LogP contribution >= 0.6 is 0 Å². The van der Waals surface area contributed by atoms with E-state index < -0.39 is 0 Å². The van der Waals surface area contributed by atoms with Gasteiger partial charge in [-0.15, -0.1) is 0 Å². The fourth-order valence-corrected chi connectivity index (χ4v) is 1.20. The summed E-state index contributed by atoms with van der Waals surface area (Å²) in [6.07, 6.45) is 12.4. The minimum atomic E-state index is 0.200. The van der Waals surface area contributed by atoms with Crippen molar-refractivity contribution in [3.05, 3.63) is 24.3 Å². The van der Waals surface area contributed by atoms with Gasteiger partial charge in [0.25, 0.3) is 0 Å². The molecule has 0 radical (unpaired) electrons. The van der Waals surface area contributed by atoms with E-state index in [2.05, 4.69) is 31.2 Å². The van der Waals surface area contributed by atoms with Crippen LogP contribution in [-0.4, -0.2) is 24.4 Å². The summed E-state index contributed by atoms with van der Waals surface area (Å²) in [7, 11) is 1.84. The summed E-state index contributed by atoms with van der Waals surface area (Å²) in [5.74, 6) is 0.200. The van der Waals surface area contributed by atoms with Crippen LogP contribution in [0.15, 0.2) is 24.3 Å². The van der Waals surface area contributed by atoms with Crippen molar-refractivity contribution < 1.29 is 4.79 Å². The van der Waals surface area contributed by atoms with Crippen LogP contribution in [0.25, 0.3) is 0 Å². The molecular weight excluding hydrogens is 186 g/mol. The first-order valence-electron chi connectivity index (χ1n) is 5.76. The number of likely N-dealkylation sites (N-methyl/N-ethyl adjacent to an activating group) is 1. The van der Waals surface area contributed by atoms with Crippen molar-refractivity contribution in [3.63, 3.8) is 0 Å². The van der Waals surface area contributed by atoms with Gasteiger partial charge in [-0.1, -0.05) is 38.2 Å². The molecule has 0 aromatic carbocycles. The zero-order valence-electron chi connectivity index (χ0n) is 10.2. The molecule has 0 rings (SSSR count). The van der Waals surface area contributed by atoms with E-state index >= 15 is 0 Å². The maximum atomic E-state index is 11.2. The third-order valence-electron chi connectivity index (χ3n) is 2.18. The fourth-order valence-electron chi connectivity index (χ4n) is 1.20. The molecular formula is C13H23NO. The molecule has 0 atom stereocenters. The molecule has 0 N–H and O–H groups in total. The van der Waals surface area contributed by atoms with Crippen LogP contribution < -0.4 is 0 Å². The molecule has 0 saturated carbocycles. The van der Waals surface area contributed by atoms with Crippen molar-refractivity contribution in [2.24, 2.45) is 0 Å². The van der Waals surface area contributed by atoms with Crippen LogP contribution in [0.2, 0.25) is 0 Å². The highest BCUT2D eigenvalue weighted by molar-refractivity contribution is 5.75. The lowest BCUT2D eigenvalue weighted by atomic mass is 10.2. The molecule has 0 unspecified atom stereocenters. The number of nitrogens with zero attached hydrogens (tertiary/aromatic N) is 1. The predicted octanol–water partition coefficient (Wildman–Crippen LogP) is 3.16. The zero-order chi connectivity index (χ0) is 11.5. The summed E-state index contributed by atoms with van der Waals surface area (Å²) in [5.41, 5.74) is 0. The summed E-state index contributed by atoms with van der Waals surface area (Å²) < 4.78 is 0. The van der Waals surface area contributed by atoms with Gasteiger partial charge >= 0.3 is 0 Å². The Morgan fingerprint density at radius 2 is 1.67 bits per heavy atom. The lowest BCUT2D eigenvalue weighted by molar-refractivity contribution is -0.129. The zero-order valence-corrected chi connectivity index (χ0v) is 10.2. The highest BCUT2D eigenvalue weighted by atomic mass is 16.2. The molecule has 0 aromatic rings. The van der Waals surface area contributed by atoms with E-state index in [0.29, 0.717) is 6.42 Å². The molecule has 2 heteroatoms. The second kappa shape index (κ2) is 9.50. The van der Waals surface area contributed by atoms with Gasteiger partial charge in [0.1, 0.15) is 0 Å². The number of carbonyl (C=O) groups is 1. The fraction of sp³-hybridized carbons (Fsp3) is 0.615. The number of rotatable bonds is 7. The first kappa shape index (κ1) is 13.9. The van der Waals surface area contributed by atoms with Crippen molar-refractivity contribution in [2.75, 3.05) is 13.6 Å². The Hall–Kier alpha value is -1.05. The molecule has 15 heavy (non-hydrogen) atoms. The Morgan fingerprint density at radius 1 is 1.07 bits per heavy atom. The maximum absolute atomic E-state index is 11.2. The number of amides is 1. The SMILES string of the molecule is CC/C=C\CC/C=C\CN(C)C(=O)CC. The summed E-state index contributed by atoms with van der Waals surface area (Å²) in [6.45, 7) is 4.75. The third-order valence-corrected chi connectivity index (χ3v) is 2.18. The molecule has 0 aliphatic heterocycles. The molecule has 86 valence electrons. The molecule has 0 bridgehead atoms. The van der Waals surface area contributed by atoms with Gasteiger partial charge in [-0.3, -0.25) is 4.79 Å².